The lowest BCUT2D eigenvalue weighted by Gasteiger charge is -2.20. The SMILES string of the molecule is COC(=O)[C@@H](Nc1ccc(C(=O)O)cc1[N+](=O)[O-])C(C)C. The maximum absolute atomic E-state index is 11.7. The number of hydrogen-bond acceptors (Lipinski definition) is 6. The number of hydrogen-bond donors (Lipinski definition) is 2. The number of nitro groups is 1. The molecular formula is C13H16N2O6. The van der Waals surface area contributed by atoms with Gasteiger partial charge in [0.05, 0.1) is 17.6 Å². The van der Waals surface area contributed by atoms with E-state index in [1.54, 1.807) is 13.8 Å². The van der Waals surface area contributed by atoms with Gasteiger partial charge in [0.1, 0.15) is 11.7 Å². The largest absolute Gasteiger partial charge is 0.478 e. The predicted octanol–water partition coefficient (Wildman–Crippen LogP) is 1.90. The fourth-order valence-electron chi connectivity index (χ4n) is 1.73. The molecule has 0 aliphatic carbocycles. The minimum atomic E-state index is -1.27. The van der Waals surface area contributed by atoms with E-state index < -0.39 is 28.6 Å². The minimum Gasteiger partial charge on any atom is -0.478 e. The zero-order chi connectivity index (χ0) is 16.2. The number of rotatable bonds is 6. The number of methoxy groups -OCH3 is 1. The predicted molar refractivity (Wildman–Crippen MR) is 74.3 cm³/mol. The number of ether oxygens (including phenoxy) is 1. The average molecular weight is 296 g/mol. The Balaban J connectivity index is 3.20. The van der Waals surface area contributed by atoms with Crippen LogP contribution in [-0.4, -0.2) is 35.1 Å². The Bertz CT molecular complexity index is 570. The Kier molecular flexibility index (Phi) is 5.23. The topological polar surface area (TPSA) is 119 Å². The zero-order valence-corrected chi connectivity index (χ0v) is 11.8. The number of aromatic carboxylic acids is 1. The lowest BCUT2D eigenvalue weighted by atomic mass is 10.0. The maximum Gasteiger partial charge on any atom is 0.335 e. The number of nitrogens with one attached hydrogen (secondary N) is 1. The number of nitro benzene ring substituents is 1. The molecule has 0 fully saturated rings. The number of anilines is 1. The van der Waals surface area contributed by atoms with Crippen molar-refractivity contribution in [2.45, 2.75) is 19.9 Å². The van der Waals surface area contributed by atoms with Crippen molar-refractivity contribution in [2.75, 3.05) is 12.4 Å². The van der Waals surface area contributed by atoms with Crippen LogP contribution in [-0.2, 0) is 9.53 Å². The Hall–Kier alpha value is -2.64. The highest BCUT2D eigenvalue weighted by molar-refractivity contribution is 5.90. The molecule has 2 N–H and O–H groups in total. The summed E-state index contributed by atoms with van der Waals surface area (Å²) in [6, 6.07) is 2.66. The molecule has 0 radical (unpaired) electrons. The van der Waals surface area contributed by atoms with Gasteiger partial charge in [-0.05, 0) is 18.1 Å². The number of carboxylic acids is 1. The molecule has 1 aromatic rings. The molecule has 21 heavy (non-hydrogen) atoms. The molecule has 0 spiro atoms. The molecule has 0 aliphatic heterocycles. The third kappa shape index (κ3) is 3.91. The van der Waals surface area contributed by atoms with E-state index in [9.17, 15) is 19.7 Å². The summed E-state index contributed by atoms with van der Waals surface area (Å²) in [5, 5.41) is 22.6. The fraction of sp³-hybridized carbons (Fsp3) is 0.385. The fourth-order valence-corrected chi connectivity index (χ4v) is 1.73. The van der Waals surface area contributed by atoms with Crippen molar-refractivity contribution in [3.63, 3.8) is 0 Å². The van der Waals surface area contributed by atoms with E-state index in [4.69, 9.17) is 5.11 Å². The van der Waals surface area contributed by atoms with Crippen LogP contribution in [0.5, 0.6) is 0 Å². The van der Waals surface area contributed by atoms with Crippen molar-refractivity contribution in [1.82, 2.24) is 0 Å². The molecule has 0 saturated carbocycles. The summed E-state index contributed by atoms with van der Waals surface area (Å²) in [4.78, 5) is 32.9. The van der Waals surface area contributed by atoms with Crippen molar-refractivity contribution in [3.8, 4) is 0 Å². The van der Waals surface area contributed by atoms with Crippen molar-refractivity contribution in [1.29, 1.82) is 0 Å². The normalized spacial score (nSPS) is 11.8. The van der Waals surface area contributed by atoms with E-state index in [0.29, 0.717) is 0 Å². The van der Waals surface area contributed by atoms with Crippen LogP contribution in [0, 0.1) is 16.0 Å². The molecule has 1 atom stereocenters. The van der Waals surface area contributed by atoms with Gasteiger partial charge < -0.3 is 15.2 Å². The van der Waals surface area contributed by atoms with E-state index in [1.165, 1.54) is 19.2 Å². The summed E-state index contributed by atoms with van der Waals surface area (Å²) in [7, 11) is 1.22. The van der Waals surface area contributed by atoms with Crippen LogP contribution in [0.4, 0.5) is 11.4 Å². The van der Waals surface area contributed by atoms with Crippen molar-refractivity contribution < 1.29 is 24.4 Å². The van der Waals surface area contributed by atoms with E-state index in [0.717, 1.165) is 6.07 Å². The van der Waals surface area contributed by atoms with Crippen LogP contribution < -0.4 is 5.32 Å². The summed E-state index contributed by atoms with van der Waals surface area (Å²) in [5.41, 5.74) is -0.551. The quantitative estimate of drug-likeness (QED) is 0.467. The number of benzene rings is 1. The standard InChI is InChI=1S/C13H16N2O6/c1-7(2)11(13(18)21-3)14-9-5-4-8(12(16)17)6-10(9)15(19)20/h4-7,11,14H,1-3H3,(H,16,17)/t11-/m0/s1. The van der Waals surface area contributed by atoms with Gasteiger partial charge >= 0.3 is 11.9 Å². The maximum atomic E-state index is 11.7. The monoisotopic (exact) mass is 296 g/mol. The number of nitrogens with zero attached hydrogens (tertiary/aromatic N) is 1. The van der Waals surface area contributed by atoms with Gasteiger partial charge in [0.25, 0.3) is 5.69 Å². The molecule has 1 rings (SSSR count). The molecule has 0 heterocycles. The molecular weight excluding hydrogens is 280 g/mol. The minimum absolute atomic E-state index is 0.0640. The second-order valence-corrected chi connectivity index (χ2v) is 4.68. The molecule has 0 saturated heterocycles. The Morgan fingerprint density at radius 2 is 2.00 bits per heavy atom. The molecule has 114 valence electrons. The van der Waals surface area contributed by atoms with Gasteiger partial charge in [0.2, 0.25) is 0 Å². The van der Waals surface area contributed by atoms with Gasteiger partial charge in [0, 0.05) is 6.07 Å². The number of carboxylic acid groups (broad SMARTS) is 1. The van der Waals surface area contributed by atoms with Gasteiger partial charge in [0.15, 0.2) is 0 Å². The van der Waals surface area contributed by atoms with Crippen molar-refractivity contribution >= 4 is 23.3 Å². The first-order valence-electron chi connectivity index (χ1n) is 6.14. The van der Waals surface area contributed by atoms with Crippen LogP contribution in [0.15, 0.2) is 18.2 Å². The molecule has 0 amide bonds. The molecule has 0 bridgehead atoms. The molecule has 1 aromatic carbocycles. The van der Waals surface area contributed by atoms with Gasteiger partial charge in [-0.15, -0.1) is 0 Å². The summed E-state index contributed by atoms with van der Waals surface area (Å²) in [6.45, 7) is 3.51. The first kappa shape index (κ1) is 16.4. The molecule has 8 nitrogen and oxygen atoms in total. The third-order valence-corrected chi connectivity index (χ3v) is 2.87. The van der Waals surface area contributed by atoms with Crippen LogP contribution >= 0.6 is 0 Å². The Morgan fingerprint density at radius 3 is 2.43 bits per heavy atom. The summed E-state index contributed by atoms with van der Waals surface area (Å²) < 4.78 is 4.64. The van der Waals surface area contributed by atoms with Gasteiger partial charge in [-0.25, -0.2) is 9.59 Å². The van der Waals surface area contributed by atoms with Crippen LogP contribution in [0.3, 0.4) is 0 Å². The van der Waals surface area contributed by atoms with Gasteiger partial charge in [-0.3, -0.25) is 10.1 Å². The average Bonchev–Trinajstić information content (AvgIpc) is 2.43. The Morgan fingerprint density at radius 1 is 1.38 bits per heavy atom. The number of carbonyl (C=O) groups is 2. The lowest BCUT2D eigenvalue weighted by Crippen LogP contribution is -2.35. The van der Waals surface area contributed by atoms with Crippen LogP contribution in [0.2, 0.25) is 0 Å². The summed E-state index contributed by atoms with van der Waals surface area (Å²) in [5.74, 6) is -1.99. The third-order valence-electron chi connectivity index (χ3n) is 2.87. The summed E-state index contributed by atoms with van der Waals surface area (Å²) in [6.07, 6.45) is 0. The zero-order valence-electron chi connectivity index (χ0n) is 11.8. The van der Waals surface area contributed by atoms with E-state index in [2.05, 4.69) is 10.1 Å². The highest BCUT2D eigenvalue weighted by Crippen LogP contribution is 2.27. The highest BCUT2D eigenvalue weighted by atomic mass is 16.6. The van der Waals surface area contributed by atoms with Gasteiger partial charge in [-0.2, -0.15) is 0 Å². The van der Waals surface area contributed by atoms with Crippen LogP contribution in [0.1, 0.15) is 24.2 Å². The summed E-state index contributed by atoms with van der Waals surface area (Å²) >= 11 is 0. The first-order chi connectivity index (χ1) is 9.77. The molecule has 0 unspecified atom stereocenters. The molecule has 0 aromatic heterocycles. The van der Waals surface area contributed by atoms with Crippen molar-refractivity contribution in [2.24, 2.45) is 5.92 Å². The smallest absolute Gasteiger partial charge is 0.335 e. The van der Waals surface area contributed by atoms with Crippen LogP contribution in [0.25, 0.3) is 0 Å². The number of carbonyl (C=O) groups excluding carboxylic acids is 1. The van der Waals surface area contributed by atoms with E-state index in [1.807, 2.05) is 0 Å². The van der Waals surface area contributed by atoms with Gasteiger partial charge in [-0.1, -0.05) is 13.8 Å². The second-order valence-electron chi connectivity index (χ2n) is 4.68. The Labute approximate surface area is 120 Å². The van der Waals surface area contributed by atoms with E-state index in [-0.39, 0.29) is 17.2 Å². The molecule has 0 aliphatic rings. The highest BCUT2D eigenvalue weighted by Gasteiger charge is 2.26. The second kappa shape index (κ2) is 6.69. The van der Waals surface area contributed by atoms with Crippen molar-refractivity contribution in [3.05, 3.63) is 33.9 Å². The molecule has 8 heteroatoms. The van der Waals surface area contributed by atoms with E-state index >= 15 is 0 Å². The lowest BCUT2D eigenvalue weighted by molar-refractivity contribution is -0.384. The number of esters is 1. The first-order valence-corrected chi connectivity index (χ1v) is 6.14.